The fourth-order valence-corrected chi connectivity index (χ4v) is 3.68. The monoisotopic (exact) mass is 443 g/mol. The van der Waals surface area contributed by atoms with Gasteiger partial charge in [-0.2, -0.15) is 0 Å². The van der Waals surface area contributed by atoms with Crippen LogP contribution in [0.3, 0.4) is 0 Å². The van der Waals surface area contributed by atoms with Crippen LogP contribution in [0.1, 0.15) is 18.1 Å². The molecule has 1 aliphatic heterocycles. The molecule has 0 aliphatic carbocycles. The van der Waals surface area contributed by atoms with Crippen molar-refractivity contribution in [3.63, 3.8) is 0 Å². The zero-order chi connectivity index (χ0) is 22.1. The van der Waals surface area contributed by atoms with E-state index in [0.717, 1.165) is 44.0 Å². The maximum atomic E-state index is 13.2. The van der Waals surface area contributed by atoms with E-state index in [0.29, 0.717) is 18.1 Å². The number of nitrogens with one attached hydrogen (secondary N) is 1. The summed E-state index contributed by atoms with van der Waals surface area (Å²) in [6, 6.07) is 16.4. The van der Waals surface area contributed by atoms with Crippen molar-refractivity contribution < 1.29 is 14.3 Å². The van der Waals surface area contributed by atoms with E-state index in [9.17, 15) is 9.59 Å². The Morgan fingerprint density at radius 3 is 2.42 bits per heavy atom. The summed E-state index contributed by atoms with van der Waals surface area (Å²) in [7, 11) is 0. The second kappa shape index (κ2) is 11.8. The van der Waals surface area contributed by atoms with E-state index in [1.165, 1.54) is 0 Å². The van der Waals surface area contributed by atoms with Gasteiger partial charge in [0.15, 0.2) is 0 Å². The molecule has 2 aromatic carbocycles. The van der Waals surface area contributed by atoms with Gasteiger partial charge in [-0.05, 0) is 30.2 Å². The zero-order valence-corrected chi connectivity index (χ0v) is 18.7. The number of benzene rings is 2. The predicted octanol–water partition coefficient (Wildman–Crippen LogP) is 2.75. The van der Waals surface area contributed by atoms with Gasteiger partial charge in [0.1, 0.15) is 6.04 Å². The number of nitrogens with zero attached hydrogens (tertiary/aromatic N) is 2. The zero-order valence-electron chi connectivity index (χ0n) is 17.9. The molecule has 2 aromatic rings. The van der Waals surface area contributed by atoms with Crippen molar-refractivity contribution in [1.82, 2.24) is 15.1 Å². The summed E-state index contributed by atoms with van der Waals surface area (Å²) in [5, 5.41) is 3.62. The molecule has 7 heteroatoms. The van der Waals surface area contributed by atoms with Crippen LogP contribution in [0.25, 0.3) is 0 Å². The van der Waals surface area contributed by atoms with E-state index in [1.807, 2.05) is 42.5 Å². The van der Waals surface area contributed by atoms with Crippen molar-refractivity contribution in [2.45, 2.75) is 25.9 Å². The lowest BCUT2D eigenvalue weighted by Gasteiger charge is -2.30. The third-order valence-electron chi connectivity index (χ3n) is 5.46. The third kappa shape index (κ3) is 7.35. The molecule has 31 heavy (non-hydrogen) atoms. The molecule has 6 nitrogen and oxygen atoms in total. The molecule has 1 heterocycles. The molecular weight excluding hydrogens is 414 g/mol. The summed E-state index contributed by atoms with van der Waals surface area (Å²) >= 11 is 5.96. The van der Waals surface area contributed by atoms with E-state index in [1.54, 1.807) is 24.0 Å². The molecule has 0 aromatic heterocycles. The minimum absolute atomic E-state index is 0.0954. The molecule has 1 N–H and O–H groups in total. The van der Waals surface area contributed by atoms with Crippen molar-refractivity contribution in [1.29, 1.82) is 0 Å². The highest BCUT2D eigenvalue weighted by Gasteiger charge is 2.26. The molecule has 0 spiro atoms. The van der Waals surface area contributed by atoms with Crippen LogP contribution in [-0.4, -0.2) is 67.0 Å². The lowest BCUT2D eigenvalue weighted by atomic mass is 10.1. The number of hydrogen-bond acceptors (Lipinski definition) is 4. The maximum absolute atomic E-state index is 13.2. The summed E-state index contributed by atoms with van der Waals surface area (Å²) in [5.41, 5.74) is 1.85. The normalized spacial score (nSPS) is 15.3. The Morgan fingerprint density at radius 1 is 1.06 bits per heavy atom. The Bertz CT molecular complexity index is 839. The fraction of sp³-hybridized carbons (Fsp3) is 0.417. The minimum atomic E-state index is -0.579. The number of carbonyl (C=O) groups excluding carboxylic acids is 2. The van der Waals surface area contributed by atoms with Gasteiger partial charge in [0.05, 0.1) is 19.6 Å². The van der Waals surface area contributed by atoms with Crippen molar-refractivity contribution in [2.24, 2.45) is 0 Å². The van der Waals surface area contributed by atoms with Crippen LogP contribution in [0.15, 0.2) is 54.6 Å². The van der Waals surface area contributed by atoms with E-state index in [2.05, 4.69) is 10.2 Å². The molecule has 1 saturated heterocycles. The van der Waals surface area contributed by atoms with E-state index in [-0.39, 0.29) is 18.2 Å². The summed E-state index contributed by atoms with van der Waals surface area (Å²) in [5.74, 6) is -0.240. The van der Waals surface area contributed by atoms with Crippen LogP contribution in [-0.2, 0) is 27.3 Å². The molecule has 1 atom stereocenters. The van der Waals surface area contributed by atoms with Gasteiger partial charge in [0.25, 0.3) is 0 Å². The standard InChI is InChI=1S/C24H30ClN3O3/c1-19(24(30)26-11-12-27-13-15-31-16-14-27)28(18-21-5-3-2-4-6-21)23(29)17-20-7-9-22(25)10-8-20/h2-10,19H,11-18H2,1H3,(H,26,30). The predicted molar refractivity (Wildman–Crippen MR) is 122 cm³/mol. The van der Waals surface area contributed by atoms with Crippen LogP contribution < -0.4 is 5.32 Å². The van der Waals surface area contributed by atoms with Crippen LogP contribution in [0, 0.1) is 0 Å². The van der Waals surface area contributed by atoms with Gasteiger partial charge >= 0.3 is 0 Å². The smallest absolute Gasteiger partial charge is 0.242 e. The number of halogens is 1. The van der Waals surface area contributed by atoms with Gasteiger partial charge in [-0.25, -0.2) is 0 Å². The van der Waals surface area contributed by atoms with Gasteiger partial charge < -0.3 is 15.0 Å². The lowest BCUT2D eigenvalue weighted by Crippen LogP contribution is -2.49. The molecule has 0 radical (unpaired) electrons. The maximum Gasteiger partial charge on any atom is 0.242 e. The van der Waals surface area contributed by atoms with E-state index >= 15 is 0 Å². The molecule has 166 valence electrons. The van der Waals surface area contributed by atoms with Gasteiger partial charge in [-0.15, -0.1) is 0 Å². The average Bonchev–Trinajstić information content (AvgIpc) is 2.80. The van der Waals surface area contributed by atoms with Crippen molar-refractivity contribution in [3.8, 4) is 0 Å². The van der Waals surface area contributed by atoms with E-state index in [4.69, 9.17) is 16.3 Å². The number of carbonyl (C=O) groups is 2. The lowest BCUT2D eigenvalue weighted by molar-refractivity contribution is -0.140. The number of ether oxygens (including phenoxy) is 1. The van der Waals surface area contributed by atoms with Gasteiger partial charge in [-0.3, -0.25) is 14.5 Å². The average molecular weight is 444 g/mol. The molecular formula is C24H30ClN3O3. The Kier molecular flexibility index (Phi) is 8.88. The van der Waals surface area contributed by atoms with Crippen LogP contribution in [0.5, 0.6) is 0 Å². The largest absolute Gasteiger partial charge is 0.379 e. The van der Waals surface area contributed by atoms with Gasteiger partial charge in [0, 0.05) is 37.7 Å². The molecule has 1 unspecified atom stereocenters. The molecule has 1 aliphatic rings. The molecule has 2 amide bonds. The first-order valence-electron chi connectivity index (χ1n) is 10.7. The first-order valence-corrected chi connectivity index (χ1v) is 11.1. The summed E-state index contributed by atoms with van der Waals surface area (Å²) in [6.07, 6.45) is 0.218. The first-order chi connectivity index (χ1) is 15.0. The van der Waals surface area contributed by atoms with Crippen molar-refractivity contribution >= 4 is 23.4 Å². The summed E-state index contributed by atoms with van der Waals surface area (Å²) < 4.78 is 5.35. The third-order valence-corrected chi connectivity index (χ3v) is 5.71. The number of rotatable bonds is 9. The van der Waals surface area contributed by atoms with Crippen molar-refractivity contribution in [2.75, 3.05) is 39.4 Å². The van der Waals surface area contributed by atoms with Gasteiger partial charge in [-0.1, -0.05) is 54.1 Å². The van der Waals surface area contributed by atoms with Crippen LogP contribution in [0.2, 0.25) is 5.02 Å². The summed E-state index contributed by atoms with van der Waals surface area (Å²) in [6.45, 7) is 6.71. The Labute approximate surface area is 189 Å². The van der Waals surface area contributed by atoms with Gasteiger partial charge in [0.2, 0.25) is 11.8 Å². The van der Waals surface area contributed by atoms with E-state index < -0.39 is 6.04 Å². The first kappa shape index (κ1) is 23.3. The molecule has 0 saturated carbocycles. The number of amides is 2. The molecule has 1 fully saturated rings. The highest BCUT2D eigenvalue weighted by atomic mass is 35.5. The Hall–Kier alpha value is -2.41. The minimum Gasteiger partial charge on any atom is -0.379 e. The second-order valence-corrected chi connectivity index (χ2v) is 8.17. The fourth-order valence-electron chi connectivity index (χ4n) is 3.55. The molecule has 3 rings (SSSR count). The Morgan fingerprint density at radius 2 is 1.74 bits per heavy atom. The number of hydrogen-bond donors (Lipinski definition) is 1. The Balaban J connectivity index is 1.63. The van der Waals surface area contributed by atoms with Crippen molar-refractivity contribution in [3.05, 3.63) is 70.7 Å². The number of morpholine rings is 1. The van der Waals surface area contributed by atoms with Crippen LogP contribution in [0.4, 0.5) is 0 Å². The quantitative estimate of drug-likeness (QED) is 0.647. The topological polar surface area (TPSA) is 61.9 Å². The SMILES string of the molecule is CC(C(=O)NCCN1CCOCC1)N(Cc1ccccc1)C(=O)Cc1ccc(Cl)cc1. The van der Waals surface area contributed by atoms with Crippen LogP contribution >= 0.6 is 11.6 Å². The highest BCUT2D eigenvalue weighted by molar-refractivity contribution is 6.30. The summed E-state index contributed by atoms with van der Waals surface area (Å²) in [4.78, 5) is 29.9. The second-order valence-electron chi connectivity index (χ2n) is 7.73. The molecule has 0 bridgehead atoms. The highest BCUT2D eigenvalue weighted by Crippen LogP contribution is 2.14.